The fraction of sp³-hybridized carbons (Fsp3) is 0.625. The Morgan fingerprint density at radius 3 is 2.50 bits per heavy atom. The van der Waals surface area contributed by atoms with Crippen molar-refractivity contribution in [3.8, 4) is 0 Å². The molecule has 1 saturated heterocycles. The highest BCUT2D eigenvalue weighted by atomic mass is 35.5. The summed E-state index contributed by atoms with van der Waals surface area (Å²) < 4.78 is 0. The molecule has 0 spiro atoms. The summed E-state index contributed by atoms with van der Waals surface area (Å²) in [7, 11) is 0. The van der Waals surface area contributed by atoms with Crippen molar-refractivity contribution >= 4 is 24.2 Å². The third-order valence-electron chi connectivity index (χ3n) is 3.80. The number of allylic oxidation sites excluding steroid dienone is 2. The SMILES string of the molecule is C=CCC(CC=C)C(=O)N1CCCC(C(=O)NCCN)C1.Cl. The predicted molar refractivity (Wildman–Crippen MR) is 91.7 cm³/mol. The second-order valence-electron chi connectivity index (χ2n) is 5.45. The van der Waals surface area contributed by atoms with Gasteiger partial charge in [-0.1, -0.05) is 12.2 Å². The van der Waals surface area contributed by atoms with E-state index in [9.17, 15) is 9.59 Å². The zero-order valence-electron chi connectivity index (χ0n) is 13.1. The third kappa shape index (κ3) is 6.20. The van der Waals surface area contributed by atoms with Crippen LogP contribution in [0.15, 0.2) is 25.3 Å². The second-order valence-corrected chi connectivity index (χ2v) is 5.45. The summed E-state index contributed by atoms with van der Waals surface area (Å²) in [5, 5.41) is 2.81. The molecule has 2 amide bonds. The lowest BCUT2D eigenvalue weighted by Gasteiger charge is -2.34. The lowest BCUT2D eigenvalue weighted by molar-refractivity contribution is -0.139. The molecule has 0 radical (unpaired) electrons. The van der Waals surface area contributed by atoms with Crippen LogP contribution in [0.4, 0.5) is 0 Å². The van der Waals surface area contributed by atoms with Gasteiger partial charge in [0, 0.05) is 32.1 Å². The van der Waals surface area contributed by atoms with Crippen LogP contribution in [-0.4, -0.2) is 42.9 Å². The predicted octanol–water partition coefficient (Wildman–Crippen LogP) is 1.49. The average molecular weight is 330 g/mol. The lowest BCUT2D eigenvalue weighted by Crippen LogP contribution is -2.47. The van der Waals surface area contributed by atoms with Gasteiger partial charge in [-0.15, -0.1) is 25.6 Å². The topological polar surface area (TPSA) is 75.4 Å². The Labute approximate surface area is 139 Å². The number of halogens is 1. The van der Waals surface area contributed by atoms with Gasteiger partial charge in [0.2, 0.25) is 11.8 Å². The van der Waals surface area contributed by atoms with E-state index < -0.39 is 0 Å². The highest BCUT2D eigenvalue weighted by Gasteiger charge is 2.30. The summed E-state index contributed by atoms with van der Waals surface area (Å²) in [5.41, 5.74) is 5.39. The van der Waals surface area contributed by atoms with Crippen molar-refractivity contribution < 1.29 is 9.59 Å². The van der Waals surface area contributed by atoms with Crippen LogP contribution in [-0.2, 0) is 9.59 Å². The Morgan fingerprint density at radius 1 is 1.32 bits per heavy atom. The molecule has 1 aliphatic heterocycles. The van der Waals surface area contributed by atoms with E-state index in [4.69, 9.17) is 5.73 Å². The van der Waals surface area contributed by atoms with Crippen molar-refractivity contribution in [1.82, 2.24) is 10.2 Å². The molecule has 1 atom stereocenters. The number of nitrogens with two attached hydrogens (primary N) is 1. The van der Waals surface area contributed by atoms with Gasteiger partial charge < -0.3 is 16.0 Å². The summed E-state index contributed by atoms with van der Waals surface area (Å²) in [4.78, 5) is 26.4. The molecular weight excluding hydrogens is 302 g/mol. The van der Waals surface area contributed by atoms with E-state index in [-0.39, 0.29) is 36.1 Å². The van der Waals surface area contributed by atoms with Crippen LogP contribution in [0.25, 0.3) is 0 Å². The first-order valence-corrected chi connectivity index (χ1v) is 7.62. The Morgan fingerprint density at radius 2 is 1.95 bits per heavy atom. The number of piperidine rings is 1. The van der Waals surface area contributed by atoms with Crippen molar-refractivity contribution in [2.45, 2.75) is 25.7 Å². The fourth-order valence-corrected chi connectivity index (χ4v) is 2.69. The molecule has 1 rings (SSSR count). The molecule has 0 aromatic heterocycles. The quantitative estimate of drug-likeness (QED) is 0.662. The van der Waals surface area contributed by atoms with E-state index in [1.165, 1.54) is 0 Å². The van der Waals surface area contributed by atoms with Crippen LogP contribution in [0.3, 0.4) is 0 Å². The summed E-state index contributed by atoms with van der Waals surface area (Å²) in [6.07, 6.45) is 6.51. The van der Waals surface area contributed by atoms with Crippen LogP contribution in [0, 0.1) is 11.8 Å². The van der Waals surface area contributed by atoms with E-state index in [1.54, 1.807) is 12.2 Å². The largest absolute Gasteiger partial charge is 0.355 e. The fourth-order valence-electron chi connectivity index (χ4n) is 2.69. The monoisotopic (exact) mass is 329 g/mol. The maximum Gasteiger partial charge on any atom is 0.226 e. The number of likely N-dealkylation sites (tertiary alicyclic amines) is 1. The van der Waals surface area contributed by atoms with Gasteiger partial charge in [0.1, 0.15) is 0 Å². The van der Waals surface area contributed by atoms with Gasteiger partial charge in [0.15, 0.2) is 0 Å². The molecule has 5 nitrogen and oxygen atoms in total. The van der Waals surface area contributed by atoms with E-state index in [0.717, 1.165) is 19.4 Å². The Balaban J connectivity index is 0.00000441. The molecular formula is C16H28ClN3O2. The van der Waals surface area contributed by atoms with Gasteiger partial charge in [-0.05, 0) is 25.7 Å². The summed E-state index contributed by atoms with van der Waals surface area (Å²) >= 11 is 0. The van der Waals surface area contributed by atoms with E-state index in [1.807, 2.05) is 4.90 Å². The van der Waals surface area contributed by atoms with Gasteiger partial charge in [0.05, 0.1) is 5.92 Å². The highest BCUT2D eigenvalue weighted by molar-refractivity contribution is 5.85. The number of hydrogen-bond donors (Lipinski definition) is 2. The summed E-state index contributed by atoms with van der Waals surface area (Å²) in [5.74, 6) is -0.124. The molecule has 0 saturated carbocycles. The number of amides is 2. The van der Waals surface area contributed by atoms with Gasteiger partial charge >= 0.3 is 0 Å². The first-order valence-electron chi connectivity index (χ1n) is 7.62. The highest BCUT2D eigenvalue weighted by Crippen LogP contribution is 2.21. The van der Waals surface area contributed by atoms with Crippen LogP contribution in [0.5, 0.6) is 0 Å². The van der Waals surface area contributed by atoms with Crippen molar-refractivity contribution in [3.63, 3.8) is 0 Å². The van der Waals surface area contributed by atoms with Crippen molar-refractivity contribution in [3.05, 3.63) is 25.3 Å². The van der Waals surface area contributed by atoms with Crippen molar-refractivity contribution in [2.75, 3.05) is 26.2 Å². The molecule has 1 aliphatic rings. The van der Waals surface area contributed by atoms with Crippen LogP contribution < -0.4 is 11.1 Å². The van der Waals surface area contributed by atoms with Gasteiger partial charge in [-0.3, -0.25) is 9.59 Å². The van der Waals surface area contributed by atoms with Crippen molar-refractivity contribution in [2.24, 2.45) is 17.6 Å². The van der Waals surface area contributed by atoms with E-state index in [2.05, 4.69) is 18.5 Å². The molecule has 0 aromatic carbocycles. The smallest absolute Gasteiger partial charge is 0.226 e. The van der Waals surface area contributed by atoms with Crippen LogP contribution in [0.1, 0.15) is 25.7 Å². The zero-order valence-corrected chi connectivity index (χ0v) is 13.9. The minimum absolute atomic E-state index is 0. The lowest BCUT2D eigenvalue weighted by atomic mass is 9.93. The third-order valence-corrected chi connectivity index (χ3v) is 3.80. The maximum atomic E-state index is 12.5. The number of carbonyl (C=O) groups is 2. The zero-order chi connectivity index (χ0) is 15.7. The Bertz CT molecular complexity index is 378. The molecule has 126 valence electrons. The molecule has 3 N–H and O–H groups in total. The summed E-state index contributed by atoms with van der Waals surface area (Å²) in [6, 6.07) is 0. The van der Waals surface area contributed by atoms with Gasteiger partial charge in [-0.25, -0.2) is 0 Å². The normalized spacial score (nSPS) is 17.5. The first-order chi connectivity index (χ1) is 10.1. The molecule has 1 fully saturated rings. The number of nitrogens with one attached hydrogen (secondary N) is 1. The van der Waals surface area contributed by atoms with Gasteiger partial charge in [0.25, 0.3) is 0 Å². The number of rotatable bonds is 8. The van der Waals surface area contributed by atoms with Crippen LogP contribution in [0.2, 0.25) is 0 Å². The second kappa shape index (κ2) is 11.3. The van der Waals surface area contributed by atoms with E-state index >= 15 is 0 Å². The molecule has 0 aliphatic carbocycles. The molecule has 22 heavy (non-hydrogen) atoms. The summed E-state index contributed by atoms with van der Waals surface area (Å²) in [6.45, 7) is 9.56. The Hall–Kier alpha value is -1.33. The number of carbonyl (C=O) groups excluding carboxylic acids is 2. The number of hydrogen-bond acceptors (Lipinski definition) is 3. The molecule has 1 unspecified atom stereocenters. The molecule has 0 aromatic rings. The van der Waals surface area contributed by atoms with Crippen LogP contribution >= 0.6 is 12.4 Å². The Kier molecular flexibility index (Phi) is 10.6. The standard InChI is InChI=1S/C16H27N3O2.ClH/c1-3-6-13(7-4-2)16(21)19-11-5-8-14(12-19)15(20)18-10-9-17;/h3-4,13-14H,1-2,5-12,17H2,(H,18,20);1H. The van der Waals surface area contributed by atoms with Crippen molar-refractivity contribution in [1.29, 1.82) is 0 Å². The molecule has 1 heterocycles. The van der Waals surface area contributed by atoms with Gasteiger partial charge in [-0.2, -0.15) is 0 Å². The average Bonchev–Trinajstić information content (AvgIpc) is 2.51. The molecule has 6 heteroatoms. The first kappa shape index (κ1) is 20.7. The maximum absolute atomic E-state index is 12.5. The number of nitrogens with zero attached hydrogens (tertiary/aromatic N) is 1. The minimum Gasteiger partial charge on any atom is -0.355 e. The van der Waals surface area contributed by atoms with E-state index in [0.29, 0.717) is 32.5 Å². The minimum atomic E-state index is -0.123. The molecule has 0 bridgehead atoms.